The van der Waals surface area contributed by atoms with Crippen molar-refractivity contribution >= 4 is 68.0 Å². The minimum Gasteiger partial charge on any atom is -0.348 e. The van der Waals surface area contributed by atoms with Gasteiger partial charge < -0.3 is 10.6 Å². The van der Waals surface area contributed by atoms with Gasteiger partial charge in [0.15, 0.2) is 0 Å². The van der Waals surface area contributed by atoms with Crippen molar-refractivity contribution in [1.29, 1.82) is 0 Å². The third-order valence-corrected chi connectivity index (χ3v) is 5.72. The summed E-state index contributed by atoms with van der Waals surface area (Å²) in [6.07, 6.45) is 0. The fourth-order valence-corrected chi connectivity index (χ4v) is 3.82. The summed E-state index contributed by atoms with van der Waals surface area (Å²) < 4.78 is 0.867. The molecule has 138 valence electrons. The molecule has 2 N–H and O–H groups in total. The smallest absolute Gasteiger partial charge is 0.265 e. The first kappa shape index (κ1) is 19.9. The molecule has 1 heterocycles. The van der Waals surface area contributed by atoms with Crippen LogP contribution in [0.1, 0.15) is 25.6 Å². The number of thiophene rings is 1. The summed E-state index contributed by atoms with van der Waals surface area (Å²) in [5.41, 5.74) is 1.56. The van der Waals surface area contributed by atoms with Crippen molar-refractivity contribution in [3.8, 4) is 0 Å². The Hall–Kier alpha value is -1.86. The van der Waals surface area contributed by atoms with E-state index in [1.807, 2.05) is 17.5 Å². The number of amides is 2. The van der Waals surface area contributed by atoms with Gasteiger partial charge in [0.2, 0.25) is 0 Å². The van der Waals surface area contributed by atoms with Gasteiger partial charge in [-0.1, -0.05) is 51.3 Å². The van der Waals surface area contributed by atoms with E-state index in [9.17, 15) is 9.59 Å². The average Bonchev–Trinajstić information content (AvgIpc) is 3.17. The first-order valence-electron chi connectivity index (χ1n) is 7.80. The Morgan fingerprint density at radius 3 is 2.52 bits per heavy atom. The molecule has 8 heteroatoms. The van der Waals surface area contributed by atoms with Crippen LogP contribution in [0.25, 0.3) is 0 Å². The molecule has 2 amide bonds. The Morgan fingerprint density at radius 2 is 1.81 bits per heavy atom. The van der Waals surface area contributed by atoms with Crippen LogP contribution >= 0.6 is 50.5 Å². The lowest BCUT2D eigenvalue weighted by Gasteiger charge is -2.10. The second-order valence-corrected chi connectivity index (χ2v) is 8.22. The molecule has 0 aliphatic rings. The molecule has 3 rings (SSSR count). The van der Waals surface area contributed by atoms with Gasteiger partial charge in [-0.2, -0.15) is 0 Å². The largest absolute Gasteiger partial charge is 0.348 e. The number of hydrogen-bond acceptors (Lipinski definition) is 3. The highest BCUT2D eigenvalue weighted by Crippen LogP contribution is 2.25. The van der Waals surface area contributed by atoms with E-state index in [1.54, 1.807) is 36.4 Å². The van der Waals surface area contributed by atoms with Crippen molar-refractivity contribution < 1.29 is 9.59 Å². The molecule has 2 aromatic carbocycles. The molecule has 0 saturated heterocycles. The van der Waals surface area contributed by atoms with Crippen molar-refractivity contribution in [3.63, 3.8) is 0 Å². The molecule has 0 spiro atoms. The maximum Gasteiger partial charge on any atom is 0.265 e. The molecule has 0 aliphatic carbocycles. The summed E-state index contributed by atoms with van der Waals surface area (Å²) in [6.45, 7) is 0.282. The lowest BCUT2D eigenvalue weighted by atomic mass is 10.1. The van der Waals surface area contributed by atoms with E-state index < -0.39 is 0 Å². The highest BCUT2D eigenvalue weighted by Gasteiger charge is 2.13. The third-order valence-electron chi connectivity index (χ3n) is 3.68. The van der Waals surface area contributed by atoms with Gasteiger partial charge in [-0.25, -0.2) is 0 Å². The van der Waals surface area contributed by atoms with E-state index in [-0.39, 0.29) is 18.4 Å². The lowest BCUT2D eigenvalue weighted by Crippen LogP contribution is -2.23. The SMILES string of the molecule is O=C(NCc1ccc(Br)cc1Cl)c1ccc(Cl)c(NC(=O)c2cccs2)c1. The first-order chi connectivity index (χ1) is 12.9. The number of carbonyl (C=O) groups excluding carboxylic acids is 2. The van der Waals surface area contributed by atoms with Crippen molar-refractivity contribution in [2.45, 2.75) is 6.54 Å². The Morgan fingerprint density at radius 1 is 1.00 bits per heavy atom. The molecule has 0 fully saturated rings. The van der Waals surface area contributed by atoms with E-state index >= 15 is 0 Å². The summed E-state index contributed by atoms with van der Waals surface area (Å²) >= 11 is 17.0. The highest BCUT2D eigenvalue weighted by molar-refractivity contribution is 9.10. The molecule has 0 aliphatic heterocycles. The molecule has 1 aromatic heterocycles. The number of benzene rings is 2. The van der Waals surface area contributed by atoms with Gasteiger partial charge in [-0.3, -0.25) is 9.59 Å². The maximum absolute atomic E-state index is 12.5. The van der Waals surface area contributed by atoms with E-state index in [1.165, 1.54) is 11.3 Å². The van der Waals surface area contributed by atoms with Crippen LogP contribution in [0, 0.1) is 0 Å². The maximum atomic E-state index is 12.5. The highest BCUT2D eigenvalue weighted by atomic mass is 79.9. The monoisotopic (exact) mass is 482 g/mol. The second-order valence-electron chi connectivity index (χ2n) is 5.54. The average molecular weight is 484 g/mol. The van der Waals surface area contributed by atoms with Gasteiger partial charge in [0.25, 0.3) is 11.8 Å². The lowest BCUT2D eigenvalue weighted by molar-refractivity contribution is 0.0949. The molecular weight excluding hydrogens is 471 g/mol. The normalized spacial score (nSPS) is 10.5. The van der Waals surface area contributed by atoms with Crippen molar-refractivity contribution in [1.82, 2.24) is 5.32 Å². The van der Waals surface area contributed by atoms with E-state index in [0.29, 0.717) is 26.2 Å². The fraction of sp³-hybridized carbons (Fsp3) is 0.0526. The van der Waals surface area contributed by atoms with Gasteiger partial charge in [0.1, 0.15) is 0 Å². The topological polar surface area (TPSA) is 58.2 Å². The molecule has 0 bridgehead atoms. The number of rotatable bonds is 5. The van der Waals surface area contributed by atoms with E-state index in [2.05, 4.69) is 26.6 Å². The number of anilines is 1. The minimum atomic E-state index is -0.294. The van der Waals surface area contributed by atoms with Gasteiger partial charge in [-0.05, 0) is 47.3 Å². The predicted molar refractivity (Wildman–Crippen MR) is 114 cm³/mol. The Balaban J connectivity index is 1.70. The summed E-state index contributed by atoms with van der Waals surface area (Å²) in [6, 6.07) is 13.7. The molecular formula is C19H13BrCl2N2O2S. The van der Waals surface area contributed by atoms with Gasteiger partial charge in [0.05, 0.1) is 15.6 Å². The minimum absolute atomic E-state index is 0.272. The van der Waals surface area contributed by atoms with Crippen molar-refractivity contribution in [3.05, 3.63) is 84.4 Å². The quantitative estimate of drug-likeness (QED) is 0.467. The second kappa shape index (κ2) is 8.89. The van der Waals surface area contributed by atoms with Crippen molar-refractivity contribution in [2.75, 3.05) is 5.32 Å². The van der Waals surface area contributed by atoms with Crippen LogP contribution in [-0.2, 0) is 6.54 Å². The standard InChI is InChI=1S/C19H13BrCl2N2O2S/c20-13-5-3-12(15(22)9-13)10-23-18(25)11-4-6-14(21)16(8-11)24-19(26)17-2-1-7-27-17/h1-9H,10H2,(H,23,25)(H,24,26). The summed E-state index contributed by atoms with van der Waals surface area (Å²) in [7, 11) is 0. The van der Waals surface area contributed by atoms with Crippen LogP contribution in [0.15, 0.2) is 58.4 Å². The predicted octanol–water partition coefficient (Wildman–Crippen LogP) is 6.00. The number of carbonyl (C=O) groups is 2. The fourth-order valence-electron chi connectivity index (χ4n) is 2.30. The summed E-state index contributed by atoms with van der Waals surface area (Å²) in [5, 5.41) is 8.27. The molecule has 0 atom stereocenters. The zero-order valence-electron chi connectivity index (χ0n) is 13.8. The summed E-state index contributed by atoms with van der Waals surface area (Å²) in [4.78, 5) is 25.2. The molecule has 0 unspecified atom stereocenters. The van der Waals surface area contributed by atoms with Crippen LogP contribution in [0.5, 0.6) is 0 Å². The molecule has 0 radical (unpaired) electrons. The summed E-state index contributed by atoms with van der Waals surface area (Å²) in [5.74, 6) is -0.566. The zero-order chi connectivity index (χ0) is 19.4. The Kier molecular flexibility index (Phi) is 6.55. The Labute approximate surface area is 178 Å². The zero-order valence-corrected chi connectivity index (χ0v) is 17.7. The molecule has 4 nitrogen and oxygen atoms in total. The van der Waals surface area contributed by atoms with Crippen molar-refractivity contribution in [2.24, 2.45) is 0 Å². The van der Waals surface area contributed by atoms with E-state index in [4.69, 9.17) is 23.2 Å². The van der Waals surface area contributed by atoms with Crippen LogP contribution < -0.4 is 10.6 Å². The third kappa shape index (κ3) is 5.11. The van der Waals surface area contributed by atoms with Crippen LogP contribution in [-0.4, -0.2) is 11.8 Å². The molecule has 0 saturated carbocycles. The van der Waals surface area contributed by atoms with Gasteiger partial charge >= 0.3 is 0 Å². The molecule has 3 aromatic rings. The van der Waals surface area contributed by atoms with E-state index in [0.717, 1.165) is 10.0 Å². The number of hydrogen-bond donors (Lipinski definition) is 2. The van der Waals surface area contributed by atoms with Crippen LogP contribution in [0.3, 0.4) is 0 Å². The van der Waals surface area contributed by atoms with Crippen LogP contribution in [0.4, 0.5) is 5.69 Å². The van der Waals surface area contributed by atoms with Gasteiger partial charge in [-0.15, -0.1) is 11.3 Å². The van der Waals surface area contributed by atoms with Gasteiger partial charge in [0, 0.05) is 21.6 Å². The Bertz CT molecular complexity index is 993. The first-order valence-corrected chi connectivity index (χ1v) is 10.2. The van der Waals surface area contributed by atoms with Crippen LogP contribution in [0.2, 0.25) is 10.0 Å². The molecule has 27 heavy (non-hydrogen) atoms. The number of nitrogens with one attached hydrogen (secondary N) is 2. The number of halogens is 3.